The predicted octanol–water partition coefficient (Wildman–Crippen LogP) is 1.02. The van der Waals surface area contributed by atoms with Crippen LogP contribution in [0.25, 0.3) is 0 Å². The highest BCUT2D eigenvalue weighted by Gasteiger charge is 2.53. The van der Waals surface area contributed by atoms with Crippen LogP contribution >= 0.6 is 0 Å². The van der Waals surface area contributed by atoms with Crippen LogP contribution in [0, 0.1) is 11.2 Å². The van der Waals surface area contributed by atoms with Crippen molar-refractivity contribution in [2.75, 3.05) is 42.7 Å². The largest absolute Gasteiger partial charge is 0.489 e. The number of amides is 1. The molecule has 1 aromatic carbocycles. The second-order valence-electron chi connectivity index (χ2n) is 7.94. The molecular weight excluding hydrogens is 395 g/mol. The van der Waals surface area contributed by atoms with Crippen LogP contribution in [0.3, 0.4) is 0 Å². The number of rotatable bonds is 3. The van der Waals surface area contributed by atoms with Gasteiger partial charge in [-0.05, 0) is 6.92 Å². The van der Waals surface area contributed by atoms with E-state index in [2.05, 4.69) is 0 Å². The Kier molecular flexibility index (Phi) is 3.66. The van der Waals surface area contributed by atoms with Gasteiger partial charge in [-0.1, -0.05) is 0 Å². The average Bonchev–Trinajstić information content (AvgIpc) is 2.88. The van der Waals surface area contributed by atoms with E-state index in [1.165, 1.54) is 17.9 Å². The number of halogens is 1. The van der Waals surface area contributed by atoms with Gasteiger partial charge in [0.1, 0.15) is 35.6 Å². The van der Waals surface area contributed by atoms with Crippen LogP contribution in [0.1, 0.15) is 6.92 Å². The lowest BCUT2D eigenvalue weighted by Gasteiger charge is -2.56. The van der Waals surface area contributed by atoms with Gasteiger partial charge in [-0.25, -0.2) is 9.18 Å². The molecule has 4 heterocycles. The molecule has 1 amide bonds. The number of carbonyl (C=O) groups is 1. The normalized spacial score (nSPS) is 28.6. The summed E-state index contributed by atoms with van der Waals surface area (Å²) < 4.78 is 63.2. The second kappa shape index (κ2) is 5.71. The molecule has 0 saturated carbocycles. The van der Waals surface area contributed by atoms with E-state index < -0.39 is 39.4 Å². The highest BCUT2D eigenvalue weighted by atomic mass is 32.2. The molecular formula is C17H19FN2O7S. The van der Waals surface area contributed by atoms with Gasteiger partial charge in [0.05, 0.1) is 30.0 Å². The first kappa shape index (κ1) is 18.0. The summed E-state index contributed by atoms with van der Waals surface area (Å²) in [6, 6.07) is 1.99. The Morgan fingerprint density at radius 3 is 2.61 bits per heavy atom. The van der Waals surface area contributed by atoms with Gasteiger partial charge < -0.3 is 19.1 Å². The van der Waals surface area contributed by atoms with E-state index >= 15 is 0 Å². The number of benzene rings is 1. The Bertz CT molecular complexity index is 956. The minimum absolute atomic E-state index is 0.0217. The summed E-state index contributed by atoms with van der Waals surface area (Å²) in [6.07, 6.45) is -1.91. The Hall–Kier alpha value is -2.11. The Morgan fingerprint density at radius 1 is 1.29 bits per heavy atom. The van der Waals surface area contributed by atoms with Crippen LogP contribution in [0.4, 0.5) is 20.6 Å². The number of carbonyl (C=O) groups excluding carboxylic acids is 1. The van der Waals surface area contributed by atoms with E-state index in [-0.39, 0.29) is 17.7 Å². The van der Waals surface area contributed by atoms with Crippen molar-refractivity contribution in [1.82, 2.24) is 0 Å². The zero-order valence-corrected chi connectivity index (χ0v) is 15.8. The van der Waals surface area contributed by atoms with Crippen molar-refractivity contribution in [3.8, 4) is 5.75 Å². The first-order chi connectivity index (χ1) is 13.2. The highest BCUT2D eigenvalue weighted by molar-refractivity contribution is 7.86. The lowest BCUT2D eigenvalue weighted by Crippen LogP contribution is -2.66. The third-order valence-corrected chi connectivity index (χ3v) is 7.19. The van der Waals surface area contributed by atoms with E-state index in [4.69, 9.17) is 14.2 Å². The Balaban J connectivity index is 1.44. The van der Waals surface area contributed by atoms with Gasteiger partial charge >= 0.3 is 6.09 Å². The molecule has 5 rings (SSSR count). The van der Waals surface area contributed by atoms with Crippen molar-refractivity contribution in [2.45, 2.75) is 24.3 Å². The molecule has 3 fully saturated rings. The topological polar surface area (TPSA) is 106 Å². The van der Waals surface area contributed by atoms with Crippen molar-refractivity contribution in [3.05, 3.63) is 17.9 Å². The molecule has 9 nitrogen and oxygen atoms in total. The van der Waals surface area contributed by atoms with Gasteiger partial charge in [-0.2, -0.15) is 8.42 Å². The fraction of sp³-hybridized carbons (Fsp3) is 0.588. The smallest absolute Gasteiger partial charge is 0.415 e. The summed E-state index contributed by atoms with van der Waals surface area (Å²) in [5, 5.41) is -1.33. The molecule has 1 spiro atoms. The fourth-order valence-electron chi connectivity index (χ4n) is 4.32. The maximum Gasteiger partial charge on any atom is 0.415 e. The minimum atomic E-state index is -4.42. The van der Waals surface area contributed by atoms with Crippen molar-refractivity contribution in [1.29, 1.82) is 0 Å². The van der Waals surface area contributed by atoms with Crippen LogP contribution in [0.15, 0.2) is 12.1 Å². The molecule has 28 heavy (non-hydrogen) atoms. The second-order valence-corrected chi connectivity index (χ2v) is 9.71. The van der Waals surface area contributed by atoms with E-state index in [9.17, 15) is 22.2 Å². The maximum absolute atomic E-state index is 14.8. The molecule has 1 aromatic rings. The number of hydrogen-bond acceptors (Lipinski definition) is 7. The van der Waals surface area contributed by atoms with Crippen LogP contribution < -0.4 is 14.5 Å². The molecule has 11 heteroatoms. The number of anilines is 2. The number of fused-ring (bicyclic) bond motifs is 3. The first-order valence-electron chi connectivity index (χ1n) is 8.94. The summed E-state index contributed by atoms with van der Waals surface area (Å²) >= 11 is 0. The first-order valence-corrected chi connectivity index (χ1v) is 10.4. The van der Waals surface area contributed by atoms with Gasteiger partial charge in [0.25, 0.3) is 10.1 Å². The predicted molar refractivity (Wildman–Crippen MR) is 94.9 cm³/mol. The van der Waals surface area contributed by atoms with Gasteiger partial charge in [-0.15, -0.1) is 0 Å². The molecule has 0 aliphatic carbocycles. The summed E-state index contributed by atoms with van der Waals surface area (Å²) in [5.74, 6) is -0.173. The van der Waals surface area contributed by atoms with E-state index in [1.54, 1.807) is 6.07 Å². The van der Waals surface area contributed by atoms with E-state index in [0.29, 0.717) is 37.7 Å². The lowest BCUT2D eigenvalue weighted by molar-refractivity contribution is -0.127. The van der Waals surface area contributed by atoms with E-state index in [1.807, 2.05) is 4.90 Å². The minimum Gasteiger partial charge on any atom is -0.489 e. The molecule has 152 valence electrons. The fourth-order valence-corrected chi connectivity index (χ4v) is 4.90. The molecule has 3 saturated heterocycles. The summed E-state index contributed by atoms with van der Waals surface area (Å²) in [7, 11) is -4.42. The van der Waals surface area contributed by atoms with Crippen molar-refractivity contribution >= 4 is 27.6 Å². The molecule has 0 bridgehead atoms. The standard InChI is InChI=1S/C17H19FN2O7S/c1-9(28(22,23)24)15-13-4-26-14-3-11(19-5-17(6-19)7-25-8-17)10(18)2-12(14)20(13)16(21)27-15/h2-3,9,13,15H,4-8H2,1H3,(H,22,23,24)/t9?,13-,15-/m0/s1. The SMILES string of the molecule is CC([C@@H]1OC(=O)N2c3cc(F)c(N4CC5(COC5)C4)cc3OC[C@@H]12)S(=O)(=O)O. The van der Waals surface area contributed by atoms with Crippen molar-refractivity contribution in [3.63, 3.8) is 0 Å². The van der Waals surface area contributed by atoms with E-state index in [0.717, 1.165) is 0 Å². The van der Waals surface area contributed by atoms with Gasteiger partial charge in [-0.3, -0.25) is 9.45 Å². The molecule has 0 aromatic heterocycles. The maximum atomic E-state index is 14.8. The van der Waals surface area contributed by atoms with Crippen LogP contribution in [-0.4, -0.2) is 69.4 Å². The number of ether oxygens (including phenoxy) is 3. The van der Waals surface area contributed by atoms with Crippen molar-refractivity contribution < 1.29 is 36.4 Å². The van der Waals surface area contributed by atoms with Crippen LogP contribution in [0.2, 0.25) is 0 Å². The van der Waals surface area contributed by atoms with Crippen molar-refractivity contribution in [2.24, 2.45) is 5.41 Å². The molecule has 1 N–H and O–H groups in total. The monoisotopic (exact) mass is 414 g/mol. The molecule has 4 aliphatic heterocycles. The molecule has 3 atom stereocenters. The third-order valence-electron chi connectivity index (χ3n) is 5.98. The summed E-state index contributed by atoms with van der Waals surface area (Å²) in [6.45, 7) is 3.99. The molecule has 4 aliphatic rings. The van der Waals surface area contributed by atoms with Crippen LogP contribution in [0.5, 0.6) is 5.75 Å². The lowest BCUT2D eigenvalue weighted by atomic mass is 9.77. The number of nitrogens with zero attached hydrogens (tertiary/aromatic N) is 2. The summed E-state index contributed by atoms with van der Waals surface area (Å²) in [5.41, 5.74) is 0.700. The van der Waals surface area contributed by atoms with Gasteiger partial charge in [0, 0.05) is 25.2 Å². The number of hydrogen-bond donors (Lipinski definition) is 1. The van der Waals surface area contributed by atoms with Crippen LogP contribution in [-0.2, 0) is 19.6 Å². The average molecular weight is 414 g/mol. The Morgan fingerprint density at radius 2 is 2.00 bits per heavy atom. The highest BCUT2D eigenvalue weighted by Crippen LogP contribution is 2.46. The summed E-state index contributed by atoms with van der Waals surface area (Å²) in [4.78, 5) is 15.5. The number of cyclic esters (lactones) is 1. The molecule has 1 unspecified atom stereocenters. The zero-order valence-electron chi connectivity index (χ0n) is 15.0. The van der Waals surface area contributed by atoms with Gasteiger partial charge in [0.15, 0.2) is 0 Å². The quantitative estimate of drug-likeness (QED) is 0.731. The van der Waals surface area contributed by atoms with Gasteiger partial charge in [0.2, 0.25) is 0 Å². The third kappa shape index (κ3) is 2.49. The Labute approximate surface area is 160 Å². The molecule has 0 radical (unpaired) electrons. The zero-order chi connectivity index (χ0) is 19.8.